The summed E-state index contributed by atoms with van der Waals surface area (Å²) in [5, 5.41) is 1.91. The molecule has 2 bridgehead atoms. The second kappa shape index (κ2) is 7.81. The summed E-state index contributed by atoms with van der Waals surface area (Å²) < 4.78 is 11.3. The number of rotatable bonds is 6. The Morgan fingerprint density at radius 2 is 1.63 bits per heavy atom. The number of ether oxygens (including phenoxy) is 2. The van der Waals surface area contributed by atoms with Crippen molar-refractivity contribution in [2.75, 3.05) is 20.3 Å². The summed E-state index contributed by atoms with van der Waals surface area (Å²) >= 11 is 0. The van der Waals surface area contributed by atoms with Crippen molar-refractivity contribution < 1.29 is 19.1 Å². The molecule has 2 aromatic rings. The van der Waals surface area contributed by atoms with Gasteiger partial charge in [-0.1, -0.05) is 18.2 Å². The number of Topliss-reactive ketones (excluding diaryl/α,β-unsaturated/α-hetero) is 1. The minimum Gasteiger partial charge on any atom is -0.462 e. The molecule has 3 aliphatic carbocycles. The predicted octanol–water partition coefficient (Wildman–Crippen LogP) is 5.14. The van der Waals surface area contributed by atoms with E-state index in [0.29, 0.717) is 35.5 Å². The van der Waals surface area contributed by atoms with Crippen LogP contribution in [-0.4, -0.2) is 32.1 Å². The van der Waals surface area contributed by atoms with Crippen LogP contribution >= 0.6 is 0 Å². The van der Waals surface area contributed by atoms with Gasteiger partial charge in [-0.25, -0.2) is 4.79 Å². The fraction of sp³-hybridized carbons (Fsp3) is 0.538. The highest BCUT2D eigenvalue weighted by Gasteiger charge is 2.57. The standard InChI is InChI=1S/C26H30O4/c1-15(27)16-3-4-18-10-19(6-5-17(18)9-16)26(28)30-14-20-7-8-23-21-11-22(13-29-2)24(12-21)25(20)23/h3-6,9-10,20-25H,7-8,11-14H2,1-2H3. The molecule has 0 heterocycles. The maximum atomic E-state index is 12.7. The average Bonchev–Trinajstić information content (AvgIpc) is 3.44. The Morgan fingerprint density at radius 1 is 0.900 bits per heavy atom. The summed E-state index contributed by atoms with van der Waals surface area (Å²) in [6.07, 6.45) is 5.15. The van der Waals surface area contributed by atoms with E-state index in [1.807, 2.05) is 37.4 Å². The maximum Gasteiger partial charge on any atom is 0.338 e. The molecule has 0 saturated heterocycles. The molecular weight excluding hydrogens is 376 g/mol. The molecule has 0 spiro atoms. The number of methoxy groups -OCH3 is 1. The van der Waals surface area contributed by atoms with Gasteiger partial charge < -0.3 is 9.47 Å². The number of carbonyl (C=O) groups is 2. The van der Waals surface area contributed by atoms with Crippen molar-refractivity contribution in [1.82, 2.24) is 0 Å². The number of carbonyl (C=O) groups excluding carboxylic acids is 2. The van der Waals surface area contributed by atoms with E-state index in [4.69, 9.17) is 9.47 Å². The normalized spacial score (nSPS) is 31.8. The summed E-state index contributed by atoms with van der Waals surface area (Å²) in [5.74, 6) is 4.14. The Kier molecular flexibility index (Phi) is 5.14. The van der Waals surface area contributed by atoms with Crippen LogP contribution in [0.1, 0.15) is 53.3 Å². The van der Waals surface area contributed by atoms with Crippen molar-refractivity contribution in [1.29, 1.82) is 0 Å². The van der Waals surface area contributed by atoms with E-state index in [0.717, 1.165) is 35.1 Å². The van der Waals surface area contributed by atoms with Gasteiger partial charge in [-0.15, -0.1) is 0 Å². The molecule has 3 aliphatic rings. The summed E-state index contributed by atoms with van der Waals surface area (Å²) in [5.41, 5.74) is 1.27. The Bertz CT molecular complexity index is 980. The molecule has 3 saturated carbocycles. The smallest absolute Gasteiger partial charge is 0.338 e. The molecule has 0 aromatic heterocycles. The molecule has 5 rings (SSSR count). The Hall–Kier alpha value is -2.20. The first-order valence-corrected chi connectivity index (χ1v) is 11.3. The van der Waals surface area contributed by atoms with Gasteiger partial charge >= 0.3 is 5.97 Å². The first-order valence-electron chi connectivity index (χ1n) is 11.3. The Balaban J connectivity index is 1.25. The second-order valence-corrected chi connectivity index (χ2v) is 9.62. The van der Waals surface area contributed by atoms with Gasteiger partial charge in [-0.05, 0) is 97.1 Å². The van der Waals surface area contributed by atoms with E-state index in [-0.39, 0.29) is 11.8 Å². The third kappa shape index (κ3) is 3.35. The number of fused-ring (bicyclic) bond motifs is 6. The molecule has 4 heteroatoms. The molecule has 0 N–H and O–H groups in total. The van der Waals surface area contributed by atoms with Crippen LogP contribution in [-0.2, 0) is 9.47 Å². The number of ketones is 1. The fourth-order valence-corrected chi connectivity index (χ4v) is 6.84. The lowest BCUT2D eigenvalue weighted by Crippen LogP contribution is -2.32. The number of hydrogen-bond acceptors (Lipinski definition) is 4. The average molecular weight is 407 g/mol. The highest BCUT2D eigenvalue weighted by molar-refractivity contribution is 6.00. The van der Waals surface area contributed by atoms with Crippen LogP contribution < -0.4 is 0 Å². The summed E-state index contributed by atoms with van der Waals surface area (Å²) in [6, 6.07) is 11.1. The molecule has 2 aromatic carbocycles. The van der Waals surface area contributed by atoms with E-state index >= 15 is 0 Å². The molecule has 0 amide bonds. The molecule has 6 atom stereocenters. The van der Waals surface area contributed by atoms with E-state index in [2.05, 4.69) is 0 Å². The first kappa shape index (κ1) is 19.7. The molecule has 3 fully saturated rings. The van der Waals surface area contributed by atoms with E-state index < -0.39 is 0 Å². The minimum atomic E-state index is -0.243. The topological polar surface area (TPSA) is 52.6 Å². The third-order valence-corrected chi connectivity index (χ3v) is 8.09. The molecule has 158 valence electrons. The number of hydrogen-bond donors (Lipinski definition) is 0. The largest absolute Gasteiger partial charge is 0.462 e. The van der Waals surface area contributed by atoms with Crippen LogP contribution in [0.4, 0.5) is 0 Å². The maximum absolute atomic E-state index is 12.7. The van der Waals surface area contributed by atoms with Gasteiger partial charge in [0.2, 0.25) is 0 Å². The van der Waals surface area contributed by atoms with Gasteiger partial charge in [-0.3, -0.25) is 4.79 Å². The van der Waals surface area contributed by atoms with Crippen molar-refractivity contribution in [3.63, 3.8) is 0 Å². The van der Waals surface area contributed by atoms with Crippen molar-refractivity contribution in [3.05, 3.63) is 47.5 Å². The first-order chi connectivity index (χ1) is 14.5. The quantitative estimate of drug-likeness (QED) is 0.492. The molecule has 4 nitrogen and oxygen atoms in total. The van der Waals surface area contributed by atoms with Gasteiger partial charge in [0.05, 0.1) is 12.2 Å². The van der Waals surface area contributed by atoms with Gasteiger partial charge in [0.1, 0.15) is 0 Å². The van der Waals surface area contributed by atoms with Crippen LogP contribution in [0.5, 0.6) is 0 Å². The molecule has 0 aliphatic heterocycles. The van der Waals surface area contributed by atoms with Gasteiger partial charge in [-0.2, -0.15) is 0 Å². The lowest BCUT2D eigenvalue weighted by molar-refractivity contribution is 0.0281. The molecule has 6 unspecified atom stereocenters. The predicted molar refractivity (Wildman–Crippen MR) is 116 cm³/mol. The van der Waals surface area contributed by atoms with E-state index in [1.54, 1.807) is 13.0 Å². The SMILES string of the molecule is COCC1CC2CC1C1C(COC(=O)c3ccc4cc(C(C)=O)ccc4c3)CCC21. The van der Waals surface area contributed by atoms with Crippen molar-refractivity contribution in [3.8, 4) is 0 Å². The van der Waals surface area contributed by atoms with Gasteiger partial charge in [0.25, 0.3) is 0 Å². The van der Waals surface area contributed by atoms with Gasteiger partial charge in [0, 0.05) is 19.3 Å². The highest BCUT2D eigenvalue weighted by atomic mass is 16.5. The summed E-state index contributed by atoms with van der Waals surface area (Å²) in [6.45, 7) is 2.97. The van der Waals surface area contributed by atoms with Crippen LogP contribution in [0.15, 0.2) is 36.4 Å². The zero-order chi connectivity index (χ0) is 20.8. The minimum absolute atomic E-state index is 0.0450. The van der Waals surface area contributed by atoms with Gasteiger partial charge in [0.15, 0.2) is 5.78 Å². The molecular formula is C26H30O4. The Labute approximate surface area is 177 Å². The van der Waals surface area contributed by atoms with Crippen molar-refractivity contribution in [2.45, 2.75) is 32.6 Å². The third-order valence-electron chi connectivity index (χ3n) is 8.09. The number of esters is 1. The number of benzene rings is 2. The Morgan fingerprint density at radius 3 is 2.37 bits per heavy atom. The van der Waals surface area contributed by atoms with Crippen LogP contribution in [0, 0.1) is 35.5 Å². The second-order valence-electron chi connectivity index (χ2n) is 9.62. The van der Waals surface area contributed by atoms with Crippen molar-refractivity contribution >= 4 is 22.5 Å². The summed E-state index contributed by atoms with van der Waals surface area (Å²) in [7, 11) is 1.81. The lowest BCUT2D eigenvalue weighted by Gasteiger charge is -2.34. The molecule has 30 heavy (non-hydrogen) atoms. The van der Waals surface area contributed by atoms with Crippen LogP contribution in [0.2, 0.25) is 0 Å². The van der Waals surface area contributed by atoms with E-state index in [9.17, 15) is 9.59 Å². The zero-order valence-electron chi connectivity index (χ0n) is 17.8. The fourth-order valence-electron chi connectivity index (χ4n) is 6.84. The highest BCUT2D eigenvalue weighted by Crippen LogP contribution is 2.62. The molecule has 0 radical (unpaired) electrons. The van der Waals surface area contributed by atoms with Crippen LogP contribution in [0.3, 0.4) is 0 Å². The monoisotopic (exact) mass is 406 g/mol. The van der Waals surface area contributed by atoms with E-state index in [1.165, 1.54) is 25.7 Å². The van der Waals surface area contributed by atoms with Crippen molar-refractivity contribution in [2.24, 2.45) is 35.5 Å². The lowest BCUT2D eigenvalue weighted by atomic mass is 9.73. The zero-order valence-corrected chi connectivity index (χ0v) is 17.8. The summed E-state index contributed by atoms with van der Waals surface area (Å²) in [4.78, 5) is 24.3. The van der Waals surface area contributed by atoms with Crippen LogP contribution in [0.25, 0.3) is 10.8 Å².